The van der Waals surface area contributed by atoms with Crippen LogP contribution in [0.5, 0.6) is 0 Å². The maximum atomic E-state index is 13.5. The molecule has 0 atom stereocenters. The summed E-state index contributed by atoms with van der Waals surface area (Å²) in [6, 6.07) is 10.2. The molecule has 0 spiro atoms. The van der Waals surface area contributed by atoms with Crippen LogP contribution in [0.3, 0.4) is 0 Å². The average Bonchev–Trinajstić information content (AvgIpc) is 2.78. The van der Waals surface area contributed by atoms with Crippen LogP contribution in [0.15, 0.2) is 42.5 Å². The van der Waals surface area contributed by atoms with E-state index in [1.165, 1.54) is 24.3 Å². The van der Waals surface area contributed by atoms with Crippen molar-refractivity contribution in [2.45, 2.75) is 6.92 Å². The molecule has 0 saturated carbocycles. The van der Waals surface area contributed by atoms with Crippen LogP contribution in [0.4, 0.5) is 14.5 Å². The molecule has 0 radical (unpaired) electrons. The Labute approximate surface area is 119 Å². The number of aromatic amines is 1. The highest BCUT2D eigenvalue weighted by Crippen LogP contribution is 2.23. The van der Waals surface area contributed by atoms with Gasteiger partial charge in [-0.3, -0.25) is 4.79 Å². The molecule has 0 fully saturated rings. The standard InChI is InChI=1S/C16H12F2N2O/c1-9-11-7-6-10(17)8-14(11)19-15(9)16(21)20-13-5-3-2-4-12(13)18/h2-8,19H,1H3,(H,20,21). The zero-order chi connectivity index (χ0) is 15.0. The molecule has 3 aromatic rings. The number of benzene rings is 2. The molecule has 3 nitrogen and oxygen atoms in total. The van der Waals surface area contributed by atoms with Crippen molar-refractivity contribution in [2.24, 2.45) is 0 Å². The molecular weight excluding hydrogens is 274 g/mol. The molecule has 2 aromatic carbocycles. The molecule has 0 saturated heterocycles. The second kappa shape index (κ2) is 5.01. The number of amides is 1. The molecule has 0 aliphatic carbocycles. The summed E-state index contributed by atoms with van der Waals surface area (Å²) in [5, 5.41) is 3.26. The van der Waals surface area contributed by atoms with Crippen molar-refractivity contribution in [3.05, 3.63) is 65.4 Å². The first kappa shape index (κ1) is 13.3. The zero-order valence-corrected chi connectivity index (χ0v) is 11.2. The Balaban J connectivity index is 1.98. The minimum Gasteiger partial charge on any atom is -0.350 e. The zero-order valence-electron chi connectivity index (χ0n) is 11.2. The van der Waals surface area contributed by atoms with Crippen molar-refractivity contribution in [3.8, 4) is 0 Å². The number of carbonyl (C=O) groups is 1. The number of carbonyl (C=O) groups excluding carboxylic acids is 1. The molecule has 0 aliphatic heterocycles. The fourth-order valence-electron chi connectivity index (χ4n) is 2.28. The monoisotopic (exact) mass is 286 g/mol. The first-order valence-corrected chi connectivity index (χ1v) is 6.40. The molecule has 5 heteroatoms. The number of aromatic nitrogens is 1. The van der Waals surface area contributed by atoms with Crippen LogP contribution in [0.1, 0.15) is 16.1 Å². The van der Waals surface area contributed by atoms with Crippen molar-refractivity contribution in [2.75, 3.05) is 5.32 Å². The van der Waals surface area contributed by atoms with E-state index in [0.717, 1.165) is 5.39 Å². The second-order valence-corrected chi connectivity index (χ2v) is 4.75. The van der Waals surface area contributed by atoms with Crippen molar-refractivity contribution >= 4 is 22.5 Å². The highest BCUT2D eigenvalue weighted by Gasteiger charge is 2.16. The van der Waals surface area contributed by atoms with Gasteiger partial charge in [0.15, 0.2) is 0 Å². The summed E-state index contributed by atoms with van der Waals surface area (Å²) in [4.78, 5) is 15.1. The molecule has 0 bridgehead atoms. The van der Waals surface area contributed by atoms with Crippen molar-refractivity contribution in [1.29, 1.82) is 0 Å². The van der Waals surface area contributed by atoms with E-state index in [0.29, 0.717) is 16.8 Å². The Hall–Kier alpha value is -2.69. The summed E-state index contributed by atoms with van der Waals surface area (Å²) in [5.74, 6) is -1.36. The van der Waals surface area contributed by atoms with Gasteiger partial charge in [-0.1, -0.05) is 12.1 Å². The topological polar surface area (TPSA) is 44.9 Å². The number of para-hydroxylation sites is 1. The van der Waals surface area contributed by atoms with E-state index in [2.05, 4.69) is 10.3 Å². The second-order valence-electron chi connectivity index (χ2n) is 4.75. The number of fused-ring (bicyclic) bond motifs is 1. The van der Waals surface area contributed by atoms with Crippen molar-refractivity contribution in [3.63, 3.8) is 0 Å². The number of rotatable bonds is 2. The van der Waals surface area contributed by atoms with Crippen LogP contribution in [0.25, 0.3) is 10.9 Å². The lowest BCUT2D eigenvalue weighted by molar-refractivity contribution is 0.102. The summed E-state index contributed by atoms with van der Waals surface area (Å²) < 4.78 is 26.8. The minimum absolute atomic E-state index is 0.103. The predicted molar refractivity (Wildman–Crippen MR) is 77.3 cm³/mol. The summed E-state index contributed by atoms with van der Waals surface area (Å²) in [5.41, 5.74) is 1.62. The first-order chi connectivity index (χ1) is 10.1. The maximum absolute atomic E-state index is 13.5. The Morgan fingerprint density at radius 3 is 2.67 bits per heavy atom. The van der Waals surface area contributed by atoms with Gasteiger partial charge in [0.25, 0.3) is 5.91 Å². The van der Waals surface area contributed by atoms with Crippen LogP contribution < -0.4 is 5.32 Å². The van der Waals surface area contributed by atoms with E-state index in [1.54, 1.807) is 25.1 Å². The normalized spacial score (nSPS) is 10.8. The van der Waals surface area contributed by atoms with Gasteiger partial charge in [-0.2, -0.15) is 0 Å². The quantitative estimate of drug-likeness (QED) is 0.734. The van der Waals surface area contributed by atoms with Gasteiger partial charge in [-0.05, 0) is 42.8 Å². The van der Waals surface area contributed by atoms with Gasteiger partial charge in [-0.15, -0.1) is 0 Å². The van der Waals surface area contributed by atoms with E-state index in [4.69, 9.17) is 0 Å². The minimum atomic E-state index is -0.509. The highest BCUT2D eigenvalue weighted by atomic mass is 19.1. The number of nitrogens with one attached hydrogen (secondary N) is 2. The lowest BCUT2D eigenvalue weighted by Gasteiger charge is -2.05. The molecule has 2 N–H and O–H groups in total. The molecule has 106 valence electrons. The molecule has 0 unspecified atom stereocenters. The maximum Gasteiger partial charge on any atom is 0.272 e. The number of H-pyrrole nitrogens is 1. The Morgan fingerprint density at radius 1 is 1.14 bits per heavy atom. The van der Waals surface area contributed by atoms with Crippen LogP contribution in [-0.2, 0) is 0 Å². The summed E-state index contributed by atoms with van der Waals surface area (Å²) >= 11 is 0. The van der Waals surface area contributed by atoms with Gasteiger partial charge < -0.3 is 10.3 Å². The fourth-order valence-corrected chi connectivity index (χ4v) is 2.28. The lowest BCUT2D eigenvalue weighted by Crippen LogP contribution is -2.14. The SMILES string of the molecule is Cc1c(C(=O)Nc2ccccc2F)[nH]c2cc(F)ccc12. The van der Waals surface area contributed by atoms with E-state index >= 15 is 0 Å². The van der Waals surface area contributed by atoms with Gasteiger partial charge in [-0.25, -0.2) is 8.78 Å². The first-order valence-electron chi connectivity index (χ1n) is 6.40. The number of hydrogen-bond donors (Lipinski definition) is 2. The molecule has 1 amide bonds. The molecule has 1 aromatic heterocycles. The third-order valence-corrected chi connectivity index (χ3v) is 3.37. The molecule has 0 aliphatic rings. The van der Waals surface area contributed by atoms with Crippen molar-refractivity contribution in [1.82, 2.24) is 4.98 Å². The third kappa shape index (κ3) is 2.38. The number of hydrogen-bond acceptors (Lipinski definition) is 1. The van der Waals surface area contributed by atoms with Crippen LogP contribution in [-0.4, -0.2) is 10.9 Å². The smallest absolute Gasteiger partial charge is 0.272 e. The average molecular weight is 286 g/mol. The molecular formula is C16H12F2N2O. The Bertz CT molecular complexity index is 839. The Kier molecular flexibility index (Phi) is 3.17. The molecule has 1 heterocycles. The number of aryl methyl sites for hydroxylation is 1. The number of halogens is 2. The Morgan fingerprint density at radius 2 is 1.90 bits per heavy atom. The van der Waals surface area contributed by atoms with E-state index < -0.39 is 11.7 Å². The molecule has 3 rings (SSSR count). The van der Waals surface area contributed by atoms with E-state index in [9.17, 15) is 13.6 Å². The van der Waals surface area contributed by atoms with Gasteiger partial charge in [0, 0.05) is 10.9 Å². The lowest BCUT2D eigenvalue weighted by atomic mass is 10.1. The molecule has 21 heavy (non-hydrogen) atoms. The summed E-state index contributed by atoms with van der Waals surface area (Å²) in [7, 11) is 0. The fraction of sp³-hybridized carbons (Fsp3) is 0.0625. The van der Waals surface area contributed by atoms with E-state index in [1.807, 2.05) is 0 Å². The van der Waals surface area contributed by atoms with Gasteiger partial charge in [0.05, 0.1) is 5.69 Å². The summed E-state index contributed by atoms with van der Waals surface area (Å²) in [6.07, 6.45) is 0. The van der Waals surface area contributed by atoms with Gasteiger partial charge in [0.2, 0.25) is 0 Å². The number of anilines is 1. The van der Waals surface area contributed by atoms with Gasteiger partial charge >= 0.3 is 0 Å². The van der Waals surface area contributed by atoms with Crippen LogP contribution in [0.2, 0.25) is 0 Å². The summed E-state index contributed by atoms with van der Waals surface area (Å²) in [6.45, 7) is 1.76. The van der Waals surface area contributed by atoms with Crippen molar-refractivity contribution < 1.29 is 13.6 Å². The van der Waals surface area contributed by atoms with Crippen LogP contribution >= 0.6 is 0 Å². The third-order valence-electron chi connectivity index (χ3n) is 3.37. The van der Waals surface area contributed by atoms with Gasteiger partial charge in [0.1, 0.15) is 17.3 Å². The van der Waals surface area contributed by atoms with E-state index in [-0.39, 0.29) is 11.5 Å². The van der Waals surface area contributed by atoms with Crippen LogP contribution in [0, 0.1) is 18.6 Å². The predicted octanol–water partition coefficient (Wildman–Crippen LogP) is 4.01. The largest absolute Gasteiger partial charge is 0.350 e. The highest BCUT2D eigenvalue weighted by molar-refractivity contribution is 6.07.